The Morgan fingerprint density at radius 1 is 1.56 bits per heavy atom. The largest absolute Gasteiger partial charge is 0.481 e. The Labute approximate surface area is 99.0 Å². The van der Waals surface area contributed by atoms with Crippen LogP contribution < -0.4 is 0 Å². The van der Waals surface area contributed by atoms with Crippen molar-refractivity contribution in [2.45, 2.75) is 26.2 Å². The Kier molecular flexibility index (Phi) is 4.74. The van der Waals surface area contributed by atoms with Gasteiger partial charge in [0.2, 0.25) is 0 Å². The number of rotatable bonds is 5. The van der Waals surface area contributed by atoms with Gasteiger partial charge in [0.15, 0.2) is 0 Å². The maximum atomic E-state index is 13.3. The van der Waals surface area contributed by atoms with E-state index >= 15 is 0 Å². The molecule has 0 saturated carbocycles. The maximum Gasteiger partial charge on any atom is 0.306 e. The SMILES string of the molecule is CC(CCCc1c(F)cccc1Cl)C(=O)O. The second kappa shape index (κ2) is 5.85. The zero-order valence-electron chi connectivity index (χ0n) is 9.04. The van der Waals surface area contributed by atoms with Crippen molar-refractivity contribution in [1.29, 1.82) is 0 Å². The van der Waals surface area contributed by atoms with E-state index in [-0.39, 0.29) is 5.82 Å². The number of hydrogen-bond acceptors (Lipinski definition) is 1. The van der Waals surface area contributed by atoms with E-state index in [9.17, 15) is 9.18 Å². The van der Waals surface area contributed by atoms with Crippen LogP contribution in [0, 0.1) is 11.7 Å². The monoisotopic (exact) mass is 244 g/mol. The molecule has 0 heterocycles. The van der Waals surface area contributed by atoms with E-state index in [2.05, 4.69) is 0 Å². The molecule has 0 bridgehead atoms. The molecule has 1 unspecified atom stereocenters. The lowest BCUT2D eigenvalue weighted by Gasteiger charge is -2.07. The molecule has 0 aromatic heterocycles. The van der Waals surface area contributed by atoms with E-state index in [0.717, 1.165) is 0 Å². The van der Waals surface area contributed by atoms with Crippen LogP contribution in [-0.4, -0.2) is 11.1 Å². The lowest BCUT2D eigenvalue weighted by Crippen LogP contribution is -2.09. The average molecular weight is 245 g/mol. The minimum Gasteiger partial charge on any atom is -0.481 e. The first-order valence-corrected chi connectivity index (χ1v) is 5.56. The topological polar surface area (TPSA) is 37.3 Å². The van der Waals surface area contributed by atoms with Crippen LogP contribution >= 0.6 is 11.6 Å². The average Bonchev–Trinajstić information content (AvgIpc) is 2.22. The van der Waals surface area contributed by atoms with Gasteiger partial charge < -0.3 is 5.11 Å². The van der Waals surface area contributed by atoms with Crippen molar-refractivity contribution in [2.24, 2.45) is 5.92 Å². The van der Waals surface area contributed by atoms with Gasteiger partial charge in [0.25, 0.3) is 0 Å². The van der Waals surface area contributed by atoms with E-state index in [1.807, 2.05) is 0 Å². The molecule has 1 atom stereocenters. The van der Waals surface area contributed by atoms with Crippen LogP contribution in [-0.2, 0) is 11.2 Å². The van der Waals surface area contributed by atoms with Crippen molar-refractivity contribution < 1.29 is 14.3 Å². The van der Waals surface area contributed by atoms with Crippen molar-refractivity contribution in [3.63, 3.8) is 0 Å². The second-order valence-corrected chi connectivity index (χ2v) is 4.24. The molecule has 0 fully saturated rings. The standard InChI is InChI=1S/C12H14ClFO2/c1-8(12(15)16)4-2-5-9-10(13)6-3-7-11(9)14/h3,6-8H,2,4-5H2,1H3,(H,15,16). The molecular formula is C12H14ClFO2. The molecule has 1 aromatic carbocycles. The van der Waals surface area contributed by atoms with Crippen LogP contribution in [0.25, 0.3) is 0 Å². The van der Waals surface area contributed by atoms with Gasteiger partial charge >= 0.3 is 5.97 Å². The molecule has 0 aliphatic heterocycles. The third-order valence-electron chi connectivity index (χ3n) is 2.55. The predicted octanol–water partition coefficient (Wildman–Crippen LogP) is 3.52. The summed E-state index contributed by atoms with van der Waals surface area (Å²) >= 11 is 5.85. The van der Waals surface area contributed by atoms with Gasteiger partial charge in [-0.2, -0.15) is 0 Å². The highest BCUT2D eigenvalue weighted by atomic mass is 35.5. The Hall–Kier alpha value is -1.09. The van der Waals surface area contributed by atoms with E-state index in [4.69, 9.17) is 16.7 Å². The van der Waals surface area contributed by atoms with Gasteiger partial charge in [-0.3, -0.25) is 4.79 Å². The lowest BCUT2D eigenvalue weighted by atomic mass is 10.0. The smallest absolute Gasteiger partial charge is 0.306 e. The summed E-state index contributed by atoms with van der Waals surface area (Å²) in [4.78, 5) is 10.6. The first kappa shape index (κ1) is 13.0. The summed E-state index contributed by atoms with van der Waals surface area (Å²) in [5.41, 5.74) is 0.474. The number of benzene rings is 1. The molecule has 88 valence electrons. The Bertz CT molecular complexity index is 359. The summed E-state index contributed by atoms with van der Waals surface area (Å²) < 4.78 is 13.3. The first-order chi connectivity index (χ1) is 7.52. The zero-order chi connectivity index (χ0) is 12.1. The molecule has 16 heavy (non-hydrogen) atoms. The molecule has 1 aromatic rings. The van der Waals surface area contributed by atoms with Gasteiger partial charge in [0, 0.05) is 10.6 Å². The number of carboxylic acids is 1. The van der Waals surface area contributed by atoms with Crippen LogP contribution in [0.5, 0.6) is 0 Å². The van der Waals surface area contributed by atoms with Crippen LogP contribution in [0.2, 0.25) is 5.02 Å². The fourth-order valence-corrected chi connectivity index (χ4v) is 1.74. The third kappa shape index (κ3) is 3.49. The Balaban J connectivity index is 2.52. The third-order valence-corrected chi connectivity index (χ3v) is 2.90. The molecular weight excluding hydrogens is 231 g/mol. The predicted molar refractivity (Wildman–Crippen MR) is 61.1 cm³/mol. The normalized spacial score (nSPS) is 12.4. The Morgan fingerprint density at radius 2 is 2.25 bits per heavy atom. The zero-order valence-corrected chi connectivity index (χ0v) is 9.80. The van der Waals surface area contributed by atoms with Gasteiger partial charge in [0.1, 0.15) is 5.82 Å². The van der Waals surface area contributed by atoms with Gasteiger partial charge in [0.05, 0.1) is 5.92 Å². The number of carboxylic acid groups (broad SMARTS) is 1. The molecule has 1 rings (SSSR count). The molecule has 0 aliphatic rings. The number of halogens is 2. The fourth-order valence-electron chi connectivity index (χ4n) is 1.48. The van der Waals surface area contributed by atoms with Crippen molar-refractivity contribution in [3.8, 4) is 0 Å². The summed E-state index contributed by atoms with van der Waals surface area (Å²) in [5.74, 6) is -1.54. The molecule has 0 spiro atoms. The molecule has 0 aliphatic carbocycles. The molecule has 0 saturated heterocycles. The van der Waals surface area contributed by atoms with Crippen molar-refractivity contribution in [1.82, 2.24) is 0 Å². The number of hydrogen-bond donors (Lipinski definition) is 1. The van der Waals surface area contributed by atoms with Gasteiger partial charge in [-0.25, -0.2) is 4.39 Å². The van der Waals surface area contributed by atoms with Gasteiger partial charge in [-0.15, -0.1) is 0 Å². The Morgan fingerprint density at radius 3 is 2.81 bits per heavy atom. The van der Waals surface area contributed by atoms with E-state index in [1.54, 1.807) is 19.1 Å². The van der Waals surface area contributed by atoms with E-state index in [0.29, 0.717) is 29.8 Å². The quantitative estimate of drug-likeness (QED) is 0.861. The van der Waals surface area contributed by atoms with Crippen molar-refractivity contribution in [3.05, 3.63) is 34.6 Å². The number of carbonyl (C=O) groups is 1. The molecule has 4 heteroatoms. The summed E-state index contributed by atoms with van der Waals surface area (Å²) in [6.45, 7) is 1.64. The lowest BCUT2D eigenvalue weighted by molar-refractivity contribution is -0.141. The van der Waals surface area contributed by atoms with Crippen LogP contribution in [0.3, 0.4) is 0 Å². The summed E-state index contributed by atoms with van der Waals surface area (Å²) in [7, 11) is 0. The van der Waals surface area contributed by atoms with E-state index < -0.39 is 11.9 Å². The molecule has 1 N–H and O–H groups in total. The highest BCUT2D eigenvalue weighted by Gasteiger charge is 2.12. The molecule has 2 nitrogen and oxygen atoms in total. The number of aliphatic carboxylic acids is 1. The van der Waals surface area contributed by atoms with Crippen LogP contribution in [0.1, 0.15) is 25.3 Å². The summed E-state index contributed by atoms with van der Waals surface area (Å²) in [6, 6.07) is 4.56. The van der Waals surface area contributed by atoms with Crippen LogP contribution in [0.4, 0.5) is 4.39 Å². The minimum atomic E-state index is -0.820. The second-order valence-electron chi connectivity index (χ2n) is 3.83. The summed E-state index contributed by atoms with van der Waals surface area (Å²) in [5, 5.41) is 9.09. The fraction of sp³-hybridized carbons (Fsp3) is 0.417. The van der Waals surface area contributed by atoms with Crippen molar-refractivity contribution >= 4 is 17.6 Å². The van der Waals surface area contributed by atoms with Crippen molar-refractivity contribution in [2.75, 3.05) is 0 Å². The highest BCUT2D eigenvalue weighted by molar-refractivity contribution is 6.31. The maximum absolute atomic E-state index is 13.3. The molecule has 0 amide bonds. The van der Waals surface area contributed by atoms with Gasteiger partial charge in [-0.1, -0.05) is 24.6 Å². The highest BCUT2D eigenvalue weighted by Crippen LogP contribution is 2.21. The minimum absolute atomic E-state index is 0.324. The van der Waals surface area contributed by atoms with E-state index in [1.165, 1.54) is 6.07 Å². The van der Waals surface area contributed by atoms with Crippen LogP contribution in [0.15, 0.2) is 18.2 Å². The summed E-state index contributed by atoms with van der Waals surface area (Å²) in [6.07, 6.45) is 1.62. The van der Waals surface area contributed by atoms with Gasteiger partial charge in [-0.05, 0) is 31.4 Å². The molecule has 0 radical (unpaired) electrons. The first-order valence-electron chi connectivity index (χ1n) is 5.18.